The second-order valence-electron chi connectivity index (χ2n) is 3.09. The van der Waals surface area contributed by atoms with Crippen molar-refractivity contribution >= 4 is 28.8 Å². The molecule has 2 aromatic rings. The van der Waals surface area contributed by atoms with E-state index in [1.54, 1.807) is 6.07 Å². The van der Waals surface area contributed by atoms with E-state index < -0.39 is 6.10 Å². The Morgan fingerprint density at radius 2 is 2.33 bits per heavy atom. The molecule has 3 nitrogen and oxygen atoms in total. The molecule has 0 bridgehead atoms. The highest BCUT2D eigenvalue weighted by molar-refractivity contribution is 7.07. The summed E-state index contributed by atoms with van der Waals surface area (Å²) in [5.41, 5.74) is 7.01. The molecule has 1 atom stereocenters. The minimum absolute atomic E-state index is 0.304. The number of rotatable bonds is 2. The molecule has 0 saturated heterocycles. The average Bonchev–Trinajstić information content (AvgIpc) is 2.74. The Kier molecular flexibility index (Phi) is 2.90. The fourth-order valence-corrected chi connectivity index (χ4v) is 2.14. The number of nitrogens with zero attached hydrogens (tertiary/aromatic N) is 1. The number of halogens is 1. The van der Waals surface area contributed by atoms with Gasteiger partial charge in [0, 0.05) is 11.8 Å². The Hall–Kier alpha value is -1.10. The lowest BCUT2D eigenvalue weighted by atomic mass is 10.1. The average molecular weight is 241 g/mol. The molecule has 0 aliphatic carbocycles. The maximum Gasteiger partial charge on any atom is 0.129 e. The maximum atomic E-state index is 10.0. The molecule has 1 unspecified atom stereocenters. The van der Waals surface area contributed by atoms with Crippen molar-refractivity contribution in [2.75, 3.05) is 5.73 Å². The molecule has 2 aromatic heterocycles. The van der Waals surface area contributed by atoms with E-state index in [2.05, 4.69) is 4.98 Å². The second-order valence-corrected chi connectivity index (χ2v) is 4.30. The zero-order chi connectivity index (χ0) is 10.8. The maximum absolute atomic E-state index is 10.0. The van der Waals surface area contributed by atoms with Crippen LogP contribution in [-0.2, 0) is 0 Å². The van der Waals surface area contributed by atoms with Crippen molar-refractivity contribution in [2.24, 2.45) is 0 Å². The van der Waals surface area contributed by atoms with Crippen molar-refractivity contribution in [1.29, 1.82) is 0 Å². The molecule has 78 valence electrons. The van der Waals surface area contributed by atoms with Gasteiger partial charge in [0.25, 0.3) is 0 Å². The molecule has 0 aromatic carbocycles. The van der Waals surface area contributed by atoms with Crippen LogP contribution in [0.2, 0.25) is 5.02 Å². The molecule has 0 spiro atoms. The van der Waals surface area contributed by atoms with Crippen LogP contribution < -0.4 is 5.73 Å². The number of aromatic nitrogens is 1. The molecule has 5 heteroatoms. The number of aliphatic hydroxyl groups is 1. The largest absolute Gasteiger partial charge is 0.383 e. The van der Waals surface area contributed by atoms with Gasteiger partial charge in [-0.15, -0.1) is 0 Å². The van der Waals surface area contributed by atoms with E-state index in [1.807, 2.05) is 16.8 Å². The Labute approximate surface area is 96.2 Å². The van der Waals surface area contributed by atoms with Crippen LogP contribution in [0.5, 0.6) is 0 Å². The summed E-state index contributed by atoms with van der Waals surface area (Å²) in [4.78, 5) is 3.90. The molecular formula is C10H9ClN2OS. The highest BCUT2D eigenvalue weighted by Crippen LogP contribution is 2.28. The van der Waals surface area contributed by atoms with Gasteiger partial charge >= 0.3 is 0 Å². The first-order valence-corrected chi connectivity index (χ1v) is 5.61. The predicted octanol–water partition coefficient (Wildman–Crippen LogP) is 2.46. The number of thiophene rings is 1. The second kappa shape index (κ2) is 4.18. The van der Waals surface area contributed by atoms with E-state index in [1.165, 1.54) is 17.5 Å². The molecule has 0 fully saturated rings. The standard InChI is InChI=1S/C10H9ClN2OS/c11-7-3-8(10(12)13-4-7)9(14)6-1-2-15-5-6/h1-5,9,14H,(H2,12,13). The molecule has 0 saturated carbocycles. The zero-order valence-corrected chi connectivity index (χ0v) is 9.29. The molecule has 2 rings (SSSR count). The summed E-state index contributed by atoms with van der Waals surface area (Å²) in [7, 11) is 0. The van der Waals surface area contributed by atoms with Crippen LogP contribution in [0.1, 0.15) is 17.2 Å². The number of hydrogen-bond donors (Lipinski definition) is 2. The summed E-state index contributed by atoms with van der Waals surface area (Å²) in [6.07, 6.45) is 0.697. The Morgan fingerprint density at radius 1 is 1.53 bits per heavy atom. The topological polar surface area (TPSA) is 59.1 Å². The smallest absolute Gasteiger partial charge is 0.129 e. The quantitative estimate of drug-likeness (QED) is 0.848. The van der Waals surface area contributed by atoms with Crippen molar-refractivity contribution in [2.45, 2.75) is 6.10 Å². The van der Waals surface area contributed by atoms with Gasteiger partial charge in [0.1, 0.15) is 11.9 Å². The van der Waals surface area contributed by atoms with E-state index in [0.717, 1.165) is 5.56 Å². The lowest BCUT2D eigenvalue weighted by molar-refractivity contribution is 0.221. The minimum atomic E-state index is -0.762. The first-order valence-electron chi connectivity index (χ1n) is 4.29. The third kappa shape index (κ3) is 2.12. The molecule has 0 amide bonds. The van der Waals surface area contributed by atoms with Gasteiger partial charge < -0.3 is 10.8 Å². The molecule has 0 aliphatic rings. The first-order chi connectivity index (χ1) is 7.18. The number of hydrogen-bond acceptors (Lipinski definition) is 4. The van der Waals surface area contributed by atoms with E-state index >= 15 is 0 Å². The van der Waals surface area contributed by atoms with Crippen molar-refractivity contribution in [3.05, 3.63) is 45.2 Å². The summed E-state index contributed by atoms with van der Waals surface area (Å²) < 4.78 is 0. The predicted molar refractivity (Wildman–Crippen MR) is 62.0 cm³/mol. The summed E-state index contributed by atoms with van der Waals surface area (Å²) in [6, 6.07) is 3.47. The monoisotopic (exact) mass is 240 g/mol. The summed E-state index contributed by atoms with van der Waals surface area (Å²) in [5, 5.41) is 14.2. The van der Waals surface area contributed by atoms with Crippen LogP contribution in [0.3, 0.4) is 0 Å². The zero-order valence-electron chi connectivity index (χ0n) is 7.72. The van der Waals surface area contributed by atoms with E-state index in [9.17, 15) is 5.11 Å². The normalized spacial score (nSPS) is 12.7. The lowest BCUT2D eigenvalue weighted by Gasteiger charge is -2.11. The third-order valence-electron chi connectivity index (χ3n) is 2.07. The SMILES string of the molecule is Nc1ncc(Cl)cc1C(O)c1ccsc1. The molecule has 0 radical (unpaired) electrons. The fraction of sp³-hybridized carbons (Fsp3) is 0.100. The number of aliphatic hydroxyl groups excluding tert-OH is 1. The highest BCUT2D eigenvalue weighted by atomic mass is 35.5. The van der Waals surface area contributed by atoms with Crippen LogP contribution >= 0.6 is 22.9 Å². The van der Waals surface area contributed by atoms with E-state index in [4.69, 9.17) is 17.3 Å². The van der Waals surface area contributed by atoms with Crippen molar-refractivity contribution in [3.63, 3.8) is 0 Å². The molecule has 3 N–H and O–H groups in total. The summed E-state index contributed by atoms with van der Waals surface area (Å²) >= 11 is 7.31. The van der Waals surface area contributed by atoms with Crippen molar-refractivity contribution < 1.29 is 5.11 Å². The van der Waals surface area contributed by atoms with Crippen LogP contribution in [-0.4, -0.2) is 10.1 Å². The Bertz CT molecular complexity index is 458. The van der Waals surface area contributed by atoms with Gasteiger partial charge in [0.15, 0.2) is 0 Å². The Balaban J connectivity index is 2.41. The van der Waals surface area contributed by atoms with Gasteiger partial charge in [-0.1, -0.05) is 11.6 Å². The van der Waals surface area contributed by atoms with Crippen LogP contribution in [0, 0.1) is 0 Å². The minimum Gasteiger partial charge on any atom is -0.383 e. The van der Waals surface area contributed by atoms with Gasteiger partial charge in [-0.2, -0.15) is 11.3 Å². The van der Waals surface area contributed by atoms with Crippen LogP contribution in [0.4, 0.5) is 5.82 Å². The Morgan fingerprint density at radius 3 is 3.00 bits per heavy atom. The number of nitrogens with two attached hydrogens (primary N) is 1. The lowest BCUT2D eigenvalue weighted by Crippen LogP contribution is -2.04. The van der Waals surface area contributed by atoms with E-state index in [0.29, 0.717) is 16.4 Å². The fourth-order valence-electron chi connectivity index (χ4n) is 1.29. The number of anilines is 1. The summed E-state index contributed by atoms with van der Waals surface area (Å²) in [6.45, 7) is 0. The van der Waals surface area contributed by atoms with E-state index in [-0.39, 0.29) is 0 Å². The van der Waals surface area contributed by atoms with Gasteiger partial charge in [-0.25, -0.2) is 4.98 Å². The third-order valence-corrected chi connectivity index (χ3v) is 2.98. The highest BCUT2D eigenvalue weighted by Gasteiger charge is 2.14. The van der Waals surface area contributed by atoms with Crippen molar-refractivity contribution in [1.82, 2.24) is 4.98 Å². The van der Waals surface area contributed by atoms with Gasteiger partial charge in [-0.05, 0) is 28.5 Å². The molecule has 0 aliphatic heterocycles. The molecule has 2 heterocycles. The van der Waals surface area contributed by atoms with Gasteiger partial charge in [0.2, 0.25) is 0 Å². The molecular weight excluding hydrogens is 232 g/mol. The van der Waals surface area contributed by atoms with Crippen molar-refractivity contribution in [3.8, 4) is 0 Å². The van der Waals surface area contributed by atoms with Crippen LogP contribution in [0.25, 0.3) is 0 Å². The molecule has 15 heavy (non-hydrogen) atoms. The van der Waals surface area contributed by atoms with Gasteiger partial charge in [0.05, 0.1) is 5.02 Å². The summed E-state index contributed by atoms with van der Waals surface area (Å²) in [5.74, 6) is 0.304. The van der Waals surface area contributed by atoms with Crippen LogP contribution in [0.15, 0.2) is 29.1 Å². The number of nitrogen functional groups attached to an aromatic ring is 1. The van der Waals surface area contributed by atoms with Gasteiger partial charge in [-0.3, -0.25) is 0 Å². The number of pyridine rings is 1. The first kappa shape index (κ1) is 10.4.